The number of H-pyrrole nitrogens is 1. The molecule has 0 aliphatic rings. The van der Waals surface area contributed by atoms with Crippen molar-refractivity contribution in [2.24, 2.45) is 27.9 Å². The van der Waals surface area contributed by atoms with Crippen molar-refractivity contribution in [2.45, 2.75) is 69.3 Å². The molecule has 0 bridgehead atoms. The molecule has 2 aromatic rings. The second kappa shape index (κ2) is 15.9. The monoisotopic (exact) mass is 589 g/mol. The highest BCUT2D eigenvalue weighted by molar-refractivity contribution is 5.94. The first-order chi connectivity index (χ1) is 19.8. The predicted molar refractivity (Wildman–Crippen MR) is 153 cm³/mol. The van der Waals surface area contributed by atoms with E-state index in [9.17, 15) is 34.2 Å². The number of amides is 4. The number of carboxylic acids is 1. The predicted octanol–water partition coefficient (Wildman–Crippen LogP) is -2.72. The first-order valence-electron chi connectivity index (χ1n) is 13.3. The van der Waals surface area contributed by atoms with Crippen LogP contribution in [0.25, 0.3) is 10.9 Å². The van der Waals surface area contributed by atoms with Gasteiger partial charge in [0.25, 0.3) is 0 Å². The maximum Gasteiger partial charge on any atom is 0.326 e. The second-order valence-electron chi connectivity index (χ2n) is 9.81. The number of rotatable bonds is 17. The Morgan fingerprint density at radius 3 is 2.12 bits per heavy atom. The fourth-order valence-corrected chi connectivity index (χ4v) is 4.08. The first-order valence-corrected chi connectivity index (χ1v) is 13.3. The van der Waals surface area contributed by atoms with Crippen LogP contribution in [0.1, 0.15) is 38.2 Å². The van der Waals surface area contributed by atoms with Crippen LogP contribution < -0.4 is 38.9 Å². The highest BCUT2D eigenvalue weighted by atomic mass is 16.4. The average molecular weight is 590 g/mol. The molecule has 0 aliphatic carbocycles. The lowest BCUT2D eigenvalue weighted by molar-refractivity contribution is -0.142. The van der Waals surface area contributed by atoms with Gasteiger partial charge in [0.15, 0.2) is 5.96 Å². The number of guanidine groups is 1. The van der Waals surface area contributed by atoms with Crippen LogP contribution in [0.5, 0.6) is 0 Å². The second-order valence-corrected chi connectivity index (χ2v) is 9.81. The zero-order valence-corrected chi connectivity index (χ0v) is 23.2. The molecule has 1 heterocycles. The zero-order chi connectivity index (χ0) is 31.4. The van der Waals surface area contributed by atoms with E-state index in [1.807, 2.05) is 18.2 Å². The molecule has 0 aliphatic heterocycles. The summed E-state index contributed by atoms with van der Waals surface area (Å²) in [6.45, 7) is 1.43. The van der Waals surface area contributed by atoms with Crippen molar-refractivity contribution in [3.63, 3.8) is 0 Å². The number of aromatic nitrogens is 1. The molecule has 2 rings (SSSR count). The summed E-state index contributed by atoms with van der Waals surface area (Å²) in [4.78, 5) is 69.4. The van der Waals surface area contributed by atoms with Gasteiger partial charge in [0, 0.05) is 36.5 Å². The minimum absolute atomic E-state index is 0.0172. The Bertz CT molecular complexity index is 1290. The van der Waals surface area contributed by atoms with Gasteiger partial charge in [-0.15, -0.1) is 0 Å². The molecule has 0 saturated carbocycles. The number of nitrogens with zero attached hydrogens (tertiary/aromatic N) is 1. The van der Waals surface area contributed by atoms with Crippen LogP contribution >= 0.6 is 0 Å². The highest BCUT2D eigenvalue weighted by Crippen LogP contribution is 2.19. The van der Waals surface area contributed by atoms with Gasteiger partial charge in [0.1, 0.15) is 24.2 Å². The molecule has 16 heteroatoms. The van der Waals surface area contributed by atoms with Crippen LogP contribution in [0.2, 0.25) is 0 Å². The van der Waals surface area contributed by atoms with Gasteiger partial charge in [-0.2, -0.15) is 0 Å². The Morgan fingerprint density at radius 1 is 0.929 bits per heavy atom. The number of aliphatic hydroxyl groups is 1. The van der Waals surface area contributed by atoms with Gasteiger partial charge in [0.05, 0.1) is 6.10 Å². The minimum atomic E-state index is -1.38. The van der Waals surface area contributed by atoms with Crippen molar-refractivity contribution in [3.8, 4) is 0 Å². The van der Waals surface area contributed by atoms with Crippen LogP contribution in [0, 0.1) is 0 Å². The van der Waals surface area contributed by atoms with Gasteiger partial charge in [-0.3, -0.25) is 24.2 Å². The number of para-hydroxylation sites is 1. The summed E-state index contributed by atoms with van der Waals surface area (Å²) < 4.78 is 0. The van der Waals surface area contributed by atoms with Gasteiger partial charge in [-0.1, -0.05) is 18.2 Å². The molecule has 14 N–H and O–H groups in total. The molecule has 0 spiro atoms. The number of aromatic amines is 1. The van der Waals surface area contributed by atoms with E-state index < -0.39 is 59.9 Å². The number of hydrogen-bond donors (Lipinski definition) is 10. The Hall–Kier alpha value is -4.70. The molecular weight excluding hydrogens is 550 g/mol. The van der Waals surface area contributed by atoms with Gasteiger partial charge in [-0.05, 0) is 37.8 Å². The minimum Gasteiger partial charge on any atom is -0.480 e. The van der Waals surface area contributed by atoms with E-state index in [1.165, 1.54) is 6.92 Å². The Kier molecular flexibility index (Phi) is 12.7. The molecule has 16 nitrogen and oxygen atoms in total. The average Bonchev–Trinajstić information content (AvgIpc) is 3.33. The maximum absolute atomic E-state index is 13.3. The van der Waals surface area contributed by atoms with Crippen molar-refractivity contribution in [2.75, 3.05) is 6.54 Å². The summed E-state index contributed by atoms with van der Waals surface area (Å²) in [5, 5.41) is 27.6. The van der Waals surface area contributed by atoms with Crippen molar-refractivity contribution < 1.29 is 34.2 Å². The summed E-state index contributed by atoms with van der Waals surface area (Å²) in [5.74, 6) is -4.75. The quantitative estimate of drug-likeness (QED) is 0.0516. The summed E-state index contributed by atoms with van der Waals surface area (Å²) in [7, 11) is 0. The van der Waals surface area contributed by atoms with Crippen LogP contribution in [-0.2, 0) is 30.4 Å². The molecule has 230 valence electrons. The third kappa shape index (κ3) is 10.4. The molecule has 4 amide bonds. The van der Waals surface area contributed by atoms with Crippen molar-refractivity contribution in [1.29, 1.82) is 0 Å². The topological polar surface area (TPSA) is 294 Å². The number of hydrogen-bond acceptors (Lipinski definition) is 8. The van der Waals surface area contributed by atoms with Gasteiger partial charge < -0.3 is 54.1 Å². The van der Waals surface area contributed by atoms with E-state index >= 15 is 0 Å². The number of carboxylic acid groups (broad SMARTS) is 1. The first kappa shape index (κ1) is 33.5. The number of nitrogens with one attached hydrogen (secondary N) is 4. The molecule has 42 heavy (non-hydrogen) atoms. The Morgan fingerprint density at radius 2 is 1.52 bits per heavy atom. The number of aliphatic hydroxyl groups excluding tert-OH is 1. The summed E-state index contributed by atoms with van der Waals surface area (Å²) in [5.41, 5.74) is 23.0. The maximum atomic E-state index is 13.3. The number of carbonyl (C=O) groups excluding carboxylic acids is 4. The largest absolute Gasteiger partial charge is 0.480 e. The summed E-state index contributed by atoms with van der Waals surface area (Å²) in [6.07, 6.45) is 0.0818. The number of aliphatic imine (C=N–C) groups is 1. The number of nitrogens with two attached hydrogens (primary N) is 4. The molecule has 0 radical (unpaired) electrons. The van der Waals surface area contributed by atoms with Crippen molar-refractivity contribution >= 4 is 46.5 Å². The van der Waals surface area contributed by atoms with E-state index in [4.69, 9.17) is 22.9 Å². The van der Waals surface area contributed by atoms with Crippen LogP contribution in [-0.4, -0.2) is 87.6 Å². The Balaban J connectivity index is 2.22. The fourth-order valence-electron chi connectivity index (χ4n) is 4.08. The van der Waals surface area contributed by atoms with E-state index in [1.54, 1.807) is 12.3 Å². The van der Waals surface area contributed by atoms with Crippen molar-refractivity contribution in [3.05, 3.63) is 36.0 Å². The van der Waals surface area contributed by atoms with Gasteiger partial charge in [0.2, 0.25) is 23.6 Å². The molecule has 5 atom stereocenters. The zero-order valence-electron chi connectivity index (χ0n) is 23.2. The molecule has 5 unspecified atom stereocenters. The van der Waals surface area contributed by atoms with Crippen LogP contribution in [0.4, 0.5) is 0 Å². The molecular formula is C26H39N9O7. The Labute approximate surface area is 241 Å². The standard InChI is InChI=1S/C26H39N9O7/c1-13(36)21(28)24(40)34-17(7-4-10-31-26(29)30)22(38)33-18(8-9-20(27)37)23(39)35-19(25(41)42)11-14-12-32-16-6-3-2-5-15(14)16/h2-3,5-6,12-13,17-19,21,32,36H,4,7-11,28H2,1H3,(H2,27,37)(H,33,38)(H,34,40)(H,35,39)(H,41,42)(H4,29,30,31). The lowest BCUT2D eigenvalue weighted by Gasteiger charge is -2.25. The highest BCUT2D eigenvalue weighted by Gasteiger charge is 2.31. The summed E-state index contributed by atoms with van der Waals surface area (Å²) in [6, 6.07) is 1.92. The van der Waals surface area contributed by atoms with Crippen molar-refractivity contribution in [1.82, 2.24) is 20.9 Å². The molecule has 0 saturated heterocycles. The lowest BCUT2D eigenvalue weighted by Crippen LogP contribution is -2.58. The number of benzene rings is 1. The SMILES string of the molecule is CC(O)C(N)C(=O)NC(CCCN=C(N)N)C(=O)NC(CCC(N)=O)C(=O)NC(Cc1c[nH]c2ccccc12)C(=O)O. The normalized spacial score (nSPS) is 14.5. The fraction of sp³-hybridized carbons (Fsp3) is 0.462. The van der Waals surface area contributed by atoms with Gasteiger partial charge in [-0.25, -0.2) is 4.79 Å². The number of fused-ring (bicyclic) bond motifs is 1. The molecule has 1 aromatic carbocycles. The van der Waals surface area contributed by atoms with Crippen LogP contribution in [0.15, 0.2) is 35.5 Å². The van der Waals surface area contributed by atoms with E-state index in [0.717, 1.165) is 10.9 Å². The summed E-state index contributed by atoms with van der Waals surface area (Å²) >= 11 is 0. The third-order valence-electron chi connectivity index (χ3n) is 6.43. The van der Waals surface area contributed by atoms with E-state index in [-0.39, 0.29) is 44.6 Å². The molecule has 0 fully saturated rings. The number of aliphatic carboxylic acids is 1. The number of carbonyl (C=O) groups is 5. The van der Waals surface area contributed by atoms with Gasteiger partial charge >= 0.3 is 5.97 Å². The number of primary amides is 1. The smallest absolute Gasteiger partial charge is 0.326 e. The van der Waals surface area contributed by atoms with E-state index in [2.05, 4.69) is 25.9 Å². The lowest BCUT2D eigenvalue weighted by atomic mass is 10.0. The van der Waals surface area contributed by atoms with Crippen LogP contribution in [0.3, 0.4) is 0 Å². The van der Waals surface area contributed by atoms with E-state index in [0.29, 0.717) is 5.56 Å². The molecule has 1 aromatic heterocycles. The third-order valence-corrected chi connectivity index (χ3v) is 6.43.